The van der Waals surface area contributed by atoms with E-state index < -0.39 is 11.9 Å². The molecular formula is C14H20N2O4. The molecule has 0 saturated carbocycles. The maximum Gasteiger partial charge on any atom is 0.307 e. The topological polar surface area (TPSA) is 85.5 Å². The van der Waals surface area contributed by atoms with Gasteiger partial charge in [-0.15, -0.1) is 0 Å². The Bertz CT molecular complexity index is 495. The fourth-order valence-corrected chi connectivity index (χ4v) is 2.55. The average Bonchev–Trinajstić information content (AvgIpc) is 2.88. The molecule has 1 aromatic rings. The summed E-state index contributed by atoms with van der Waals surface area (Å²) in [6, 6.07) is 0. The van der Waals surface area contributed by atoms with Gasteiger partial charge in [0.05, 0.1) is 11.8 Å². The Hall–Kier alpha value is -1.69. The lowest BCUT2D eigenvalue weighted by atomic mass is 9.83. The van der Waals surface area contributed by atoms with E-state index in [9.17, 15) is 9.90 Å². The zero-order valence-electron chi connectivity index (χ0n) is 11.9. The number of hydrogen-bond acceptors (Lipinski definition) is 5. The predicted octanol–water partition coefficient (Wildman–Crippen LogP) is 2.55. The minimum atomic E-state index is -0.828. The lowest BCUT2D eigenvalue weighted by molar-refractivity contribution is -0.142. The second kappa shape index (κ2) is 6.17. The molecular weight excluding hydrogens is 260 g/mol. The van der Waals surface area contributed by atoms with Crippen molar-refractivity contribution < 1.29 is 19.2 Å². The summed E-state index contributed by atoms with van der Waals surface area (Å²) in [5, 5.41) is 13.2. The number of rotatable bonds is 5. The summed E-state index contributed by atoms with van der Waals surface area (Å²) in [6.07, 6.45) is 4.71. The Morgan fingerprint density at radius 2 is 2.15 bits per heavy atom. The quantitative estimate of drug-likeness (QED) is 0.834. The number of aromatic nitrogens is 2. The highest BCUT2D eigenvalue weighted by atomic mass is 16.5. The number of nitrogens with zero attached hydrogens (tertiary/aromatic N) is 2. The van der Waals surface area contributed by atoms with E-state index in [1.807, 2.05) is 26.0 Å². The molecule has 1 heterocycles. The molecule has 3 unspecified atom stereocenters. The molecule has 2 rings (SSSR count). The van der Waals surface area contributed by atoms with Crippen LogP contribution >= 0.6 is 0 Å². The first kappa shape index (κ1) is 14.7. The molecule has 0 radical (unpaired) electrons. The summed E-state index contributed by atoms with van der Waals surface area (Å²) in [7, 11) is 1.60. The number of aliphatic carboxylic acids is 1. The van der Waals surface area contributed by atoms with Crippen LogP contribution in [0, 0.1) is 11.8 Å². The number of ether oxygens (including phenoxy) is 1. The first-order chi connectivity index (χ1) is 9.54. The molecule has 0 saturated heterocycles. The van der Waals surface area contributed by atoms with Gasteiger partial charge in [-0.2, -0.15) is 4.98 Å². The maximum absolute atomic E-state index is 11.3. The molecule has 1 aromatic heterocycles. The van der Waals surface area contributed by atoms with Crippen molar-refractivity contribution in [2.45, 2.75) is 38.7 Å². The van der Waals surface area contributed by atoms with E-state index in [1.54, 1.807) is 7.11 Å². The van der Waals surface area contributed by atoms with Crippen LogP contribution in [0.15, 0.2) is 16.7 Å². The molecule has 110 valence electrons. The molecule has 0 amide bonds. The van der Waals surface area contributed by atoms with Crippen LogP contribution in [0.4, 0.5) is 0 Å². The molecule has 0 spiro atoms. The van der Waals surface area contributed by atoms with Gasteiger partial charge in [0.15, 0.2) is 0 Å². The molecule has 1 aliphatic rings. The van der Waals surface area contributed by atoms with Crippen molar-refractivity contribution in [2.75, 3.05) is 7.11 Å². The summed E-state index contributed by atoms with van der Waals surface area (Å²) < 4.78 is 10.6. The van der Waals surface area contributed by atoms with Crippen LogP contribution in [0.5, 0.6) is 0 Å². The lowest BCUT2D eigenvalue weighted by Crippen LogP contribution is -2.23. The van der Waals surface area contributed by atoms with Crippen molar-refractivity contribution in [1.82, 2.24) is 10.1 Å². The minimum absolute atomic E-state index is 0.215. The van der Waals surface area contributed by atoms with Gasteiger partial charge in [-0.05, 0) is 18.8 Å². The highest BCUT2D eigenvalue weighted by molar-refractivity contribution is 5.71. The first-order valence-electron chi connectivity index (χ1n) is 6.78. The Kier molecular flexibility index (Phi) is 4.54. The molecule has 0 aliphatic heterocycles. The molecule has 0 aromatic carbocycles. The number of carboxylic acids is 1. The van der Waals surface area contributed by atoms with Crippen LogP contribution in [0.1, 0.15) is 50.4 Å². The summed E-state index contributed by atoms with van der Waals surface area (Å²) in [5.74, 6) is -0.509. The third-order valence-electron chi connectivity index (χ3n) is 3.64. The Morgan fingerprint density at radius 1 is 1.45 bits per heavy atom. The van der Waals surface area contributed by atoms with Gasteiger partial charge in [0, 0.05) is 7.11 Å². The van der Waals surface area contributed by atoms with Crippen molar-refractivity contribution in [3.8, 4) is 0 Å². The van der Waals surface area contributed by atoms with Gasteiger partial charge in [0.1, 0.15) is 6.10 Å². The van der Waals surface area contributed by atoms with Crippen molar-refractivity contribution in [3.05, 3.63) is 23.9 Å². The van der Waals surface area contributed by atoms with Crippen LogP contribution in [0.2, 0.25) is 0 Å². The van der Waals surface area contributed by atoms with Crippen molar-refractivity contribution in [3.63, 3.8) is 0 Å². The normalized spacial score (nSPS) is 24.0. The highest BCUT2D eigenvalue weighted by Crippen LogP contribution is 2.35. The Balaban J connectivity index is 2.23. The van der Waals surface area contributed by atoms with Crippen LogP contribution in [-0.2, 0) is 9.53 Å². The third kappa shape index (κ3) is 2.90. The van der Waals surface area contributed by atoms with Gasteiger partial charge >= 0.3 is 5.97 Å². The standard InChI is InChI=1S/C14H20N2O4/c1-8(2)11(19-3)12-15-13(20-16-12)9-6-4-5-7-10(9)14(17)18/h4-5,8-11H,6-7H2,1-3H3,(H,17,18). The SMILES string of the molecule is COC(c1noc(C2CC=CCC2C(=O)O)n1)C(C)C. The number of allylic oxidation sites excluding steroid dienone is 2. The van der Waals surface area contributed by atoms with Crippen LogP contribution < -0.4 is 0 Å². The van der Waals surface area contributed by atoms with Gasteiger partial charge in [-0.25, -0.2) is 0 Å². The smallest absolute Gasteiger partial charge is 0.307 e. The zero-order chi connectivity index (χ0) is 14.7. The van der Waals surface area contributed by atoms with E-state index in [1.165, 1.54) is 0 Å². The largest absolute Gasteiger partial charge is 0.481 e. The number of carbonyl (C=O) groups is 1. The van der Waals surface area contributed by atoms with Gasteiger partial charge in [-0.1, -0.05) is 31.2 Å². The van der Waals surface area contributed by atoms with Crippen molar-refractivity contribution >= 4 is 5.97 Å². The van der Waals surface area contributed by atoms with Crippen molar-refractivity contribution in [1.29, 1.82) is 0 Å². The second-order valence-electron chi connectivity index (χ2n) is 5.39. The number of hydrogen-bond donors (Lipinski definition) is 1. The molecule has 0 bridgehead atoms. The van der Waals surface area contributed by atoms with E-state index in [2.05, 4.69) is 10.1 Å². The summed E-state index contributed by atoms with van der Waals surface area (Å²) >= 11 is 0. The van der Waals surface area contributed by atoms with Gasteiger partial charge in [0.2, 0.25) is 11.7 Å². The van der Waals surface area contributed by atoms with E-state index >= 15 is 0 Å². The summed E-state index contributed by atoms with van der Waals surface area (Å²) in [4.78, 5) is 15.7. The summed E-state index contributed by atoms with van der Waals surface area (Å²) in [5.41, 5.74) is 0. The fraction of sp³-hybridized carbons (Fsp3) is 0.643. The minimum Gasteiger partial charge on any atom is -0.481 e. The van der Waals surface area contributed by atoms with Gasteiger partial charge in [0.25, 0.3) is 0 Å². The molecule has 20 heavy (non-hydrogen) atoms. The van der Waals surface area contributed by atoms with Gasteiger partial charge < -0.3 is 14.4 Å². The monoisotopic (exact) mass is 280 g/mol. The van der Waals surface area contributed by atoms with E-state index in [-0.39, 0.29) is 17.9 Å². The molecule has 3 atom stereocenters. The first-order valence-corrected chi connectivity index (χ1v) is 6.78. The highest BCUT2D eigenvalue weighted by Gasteiger charge is 2.34. The van der Waals surface area contributed by atoms with Crippen LogP contribution in [0.25, 0.3) is 0 Å². The van der Waals surface area contributed by atoms with Crippen LogP contribution in [0.3, 0.4) is 0 Å². The third-order valence-corrected chi connectivity index (χ3v) is 3.64. The zero-order valence-corrected chi connectivity index (χ0v) is 11.9. The maximum atomic E-state index is 11.3. The Morgan fingerprint density at radius 3 is 2.75 bits per heavy atom. The Labute approximate surface area is 117 Å². The molecule has 0 fully saturated rings. The predicted molar refractivity (Wildman–Crippen MR) is 71.1 cm³/mol. The van der Waals surface area contributed by atoms with E-state index in [0.29, 0.717) is 24.6 Å². The van der Waals surface area contributed by atoms with E-state index in [0.717, 1.165) is 0 Å². The van der Waals surface area contributed by atoms with E-state index in [4.69, 9.17) is 9.26 Å². The fourth-order valence-electron chi connectivity index (χ4n) is 2.55. The molecule has 1 aliphatic carbocycles. The average molecular weight is 280 g/mol. The lowest BCUT2D eigenvalue weighted by Gasteiger charge is -2.21. The van der Waals surface area contributed by atoms with Gasteiger partial charge in [-0.3, -0.25) is 4.79 Å². The van der Waals surface area contributed by atoms with Crippen LogP contribution in [-0.4, -0.2) is 28.3 Å². The number of methoxy groups -OCH3 is 1. The second-order valence-corrected chi connectivity index (χ2v) is 5.39. The summed E-state index contributed by atoms with van der Waals surface area (Å²) in [6.45, 7) is 4.02. The molecule has 6 nitrogen and oxygen atoms in total. The number of carboxylic acid groups (broad SMARTS) is 1. The van der Waals surface area contributed by atoms with Crippen molar-refractivity contribution in [2.24, 2.45) is 11.8 Å². The molecule has 1 N–H and O–H groups in total. The molecule has 6 heteroatoms.